The lowest BCUT2D eigenvalue weighted by molar-refractivity contribution is 0.431. The zero-order valence-electron chi connectivity index (χ0n) is 10.2. The molecule has 1 aromatic heterocycles. The predicted molar refractivity (Wildman–Crippen MR) is 72.5 cm³/mol. The van der Waals surface area contributed by atoms with Crippen LogP contribution in [0.2, 0.25) is 0 Å². The van der Waals surface area contributed by atoms with Gasteiger partial charge in [-0.2, -0.15) is 0 Å². The first-order chi connectivity index (χ1) is 7.65. The van der Waals surface area contributed by atoms with Gasteiger partial charge in [-0.05, 0) is 30.3 Å². The Balaban J connectivity index is 2.51. The quantitative estimate of drug-likeness (QED) is 0.816. The lowest BCUT2D eigenvalue weighted by atomic mass is 10.1. The van der Waals surface area contributed by atoms with Crippen molar-refractivity contribution in [3.63, 3.8) is 0 Å². The van der Waals surface area contributed by atoms with Gasteiger partial charge in [0, 0.05) is 11.8 Å². The molecular weight excluding hydrogens is 238 g/mol. The summed E-state index contributed by atoms with van der Waals surface area (Å²) in [6.45, 7) is 7.52. The molecule has 0 aliphatic heterocycles. The Bertz CT molecular complexity index is 309. The van der Waals surface area contributed by atoms with E-state index >= 15 is 0 Å². The monoisotopic (exact) mass is 259 g/mol. The van der Waals surface area contributed by atoms with Crippen molar-refractivity contribution in [3.05, 3.63) is 17.5 Å². The fraction of sp³-hybridized carbons (Fsp3) is 0.667. The summed E-state index contributed by atoms with van der Waals surface area (Å²) in [6, 6.07) is 4.27. The first kappa shape index (κ1) is 13.9. The average molecular weight is 259 g/mol. The summed E-state index contributed by atoms with van der Waals surface area (Å²) < 4.78 is 13.1. The van der Waals surface area contributed by atoms with E-state index in [2.05, 4.69) is 26.1 Å². The second-order valence-corrected chi connectivity index (χ2v) is 6.92. The topological polar surface area (TPSA) is 29.1 Å². The molecular formula is C12H21NOS2. The van der Waals surface area contributed by atoms with E-state index in [0.29, 0.717) is 12.0 Å². The summed E-state index contributed by atoms with van der Waals surface area (Å²) >= 11 is 1.58. The maximum Gasteiger partial charge on any atom is 0.0911 e. The summed E-state index contributed by atoms with van der Waals surface area (Å²) in [6.07, 6.45) is 1.12. The predicted octanol–water partition coefficient (Wildman–Crippen LogP) is 2.88. The minimum atomic E-state index is -0.850. The smallest absolute Gasteiger partial charge is 0.0911 e. The van der Waals surface area contributed by atoms with Crippen molar-refractivity contribution in [1.82, 2.24) is 5.32 Å². The number of nitrogens with one attached hydrogen (secondary N) is 1. The second kappa shape index (κ2) is 7.20. The van der Waals surface area contributed by atoms with Crippen LogP contribution in [0, 0.1) is 5.92 Å². The average Bonchev–Trinajstić information content (AvgIpc) is 2.76. The normalized spacial score (nSPS) is 15.2. The van der Waals surface area contributed by atoms with Crippen molar-refractivity contribution in [2.45, 2.75) is 37.4 Å². The van der Waals surface area contributed by atoms with Crippen molar-refractivity contribution < 1.29 is 4.21 Å². The first-order valence-corrected chi connectivity index (χ1v) is 8.00. The molecule has 0 radical (unpaired) electrons. The summed E-state index contributed by atoms with van der Waals surface area (Å²) in [5.74, 6) is 1.24. The summed E-state index contributed by atoms with van der Waals surface area (Å²) in [4.78, 5) is 0. The molecule has 1 rings (SSSR count). The van der Waals surface area contributed by atoms with Crippen LogP contribution in [0.3, 0.4) is 0 Å². The summed E-state index contributed by atoms with van der Waals surface area (Å²) in [7, 11) is -0.850. The molecule has 0 fully saturated rings. The van der Waals surface area contributed by atoms with Gasteiger partial charge in [-0.25, -0.2) is 0 Å². The van der Waals surface area contributed by atoms with Crippen molar-refractivity contribution in [1.29, 1.82) is 0 Å². The van der Waals surface area contributed by atoms with E-state index in [0.717, 1.165) is 22.9 Å². The van der Waals surface area contributed by atoms with Crippen molar-refractivity contribution in [2.24, 2.45) is 5.92 Å². The lowest BCUT2D eigenvalue weighted by Crippen LogP contribution is -2.38. The highest BCUT2D eigenvalue weighted by molar-refractivity contribution is 7.87. The van der Waals surface area contributed by atoms with Gasteiger partial charge in [0.15, 0.2) is 0 Å². The fourth-order valence-corrected chi connectivity index (χ4v) is 3.93. The van der Waals surface area contributed by atoms with E-state index in [1.165, 1.54) is 0 Å². The van der Waals surface area contributed by atoms with Gasteiger partial charge < -0.3 is 5.32 Å². The van der Waals surface area contributed by atoms with E-state index in [-0.39, 0.29) is 0 Å². The lowest BCUT2D eigenvalue weighted by Gasteiger charge is -2.21. The Kier molecular flexibility index (Phi) is 6.24. The van der Waals surface area contributed by atoms with Crippen molar-refractivity contribution in [2.75, 3.05) is 12.3 Å². The molecule has 0 spiro atoms. The molecule has 1 N–H and O–H groups in total. The third-order valence-corrected chi connectivity index (χ3v) is 5.27. The molecule has 2 nitrogen and oxygen atoms in total. The van der Waals surface area contributed by atoms with Gasteiger partial charge in [0.05, 0.1) is 15.0 Å². The Labute approximate surface area is 105 Å². The maximum absolute atomic E-state index is 12.1. The highest BCUT2D eigenvalue weighted by Crippen LogP contribution is 2.16. The zero-order valence-corrected chi connectivity index (χ0v) is 11.9. The van der Waals surface area contributed by atoms with Crippen LogP contribution < -0.4 is 5.32 Å². The Hall–Kier alpha value is -0.190. The van der Waals surface area contributed by atoms with Crippen molar-refractivity contribution in [3.8, 4) is 0 Å². The zero-order chi connectivity index (χ0) is 12.0. The molecule has 0 aliphatic rings. The maximum atomic E-state index is 12.1. The van der Waals surface area contributed by atoms with Gasteiger partial charge in [0.25, 0.3) is 0 Å². The van der Waals surface area contributed by atoms with Crippen LogP contribution in [-0.4, -0.2) is 22.5 Å². The Morgan fingerprint density at radius 1 is 1.50 bits per heavy atom. The van der Waals surface area contributed by atoms with Gasteiger partial charge >= 0.3 is 0 Å². The van der Waals surface area contributed by atoms with Gasteiger partial charge in [0.2, 0.25) is 0 Å². The van der Waals surface area contributed by atoms with Crippen LogP contribution >= 0.6 is 11.3 Å². The summed E-state index contributed by atoms with van der Waals surface area (Å²) in [5, 5.41) is 5.46. The van der Waals surface area contributed by atoms with Gasteiger partial charge in [-0.15, -0.1) is 11.3 Å². The van der Waals surface area contributed by atoms with Crippen LogP contribution in [0.5, 0.6) is 0 Å². The van der Waals surface area contributed by atoms with E-state index < -0.39 is 10.8 Å². The number of rotatable bonds is 7. The van der Waals surface area contributed by atoms with E-state index in [4.69, 9.17) is 0 Å². The van der Waals surface area contributed by atoms with E-state index in [1.807, 2.05) is 17.5 Å². The molecule has 4 heteroatoms. The molecule has 0 saturated carbocycles. The first-order valence-electron chi connectivity index (χ1n) is 5.80. The van der Waals surface area contributed by atoms with E-state index in [9.17, 15) is 4.21 Å². The number of hydrogen-bond acceptors (Lipinski definition) is 3. The molecule has 1 heterocycles. The molecule has 1 aromatic rings. The van der Waals surface area contributed by atoms with Crippen molar-refractivity contribution >= 4 is 22.1 Å². The van der Waals surface area contributed by atoms with E-state index in [1.54, 1.807) is 11.3 Å². The molecule has 0 aliphatic carbocycles. The second-order valence-electron chi connectivity index (χ2n) is 4.25. The van der Waals surface area contributed by atoms with Gasteiger partial charge in [0.1, 0.15) is 0 Å². The SMILES string of the molecule is CCCNC(CS(=O)c1cccs1)C(C)C. The highest BCUT2D eigenvalue weighted by Gasteiger charge is 2.17. The molecule has 92 valence electrons. The van der Waals surface area contributed by atoms with Crippen LogP contribution in [0.4, 0.5) is 0 Å². The number of hydrogen-bond donors (Lipinski definition) is 1. The molecule has 0 saturated heterocycles. The Morgan fingerprint density at radius 2 is 2.25 bits per heavy atom. The minimum absolute atomic E-state index is 0.350. The molecule has 0 amide bonds. The van der Waals surface area contributed by atoms with Gasteiger partial charge in [-0.1, -0.05) is 26.8 Å². The molecule has 0 bridgehead atoms. The van der Waals surface area contributed by atoms with Gasteiger partial charge in [-0.3, -0.25) is 4.21 Å². The van der Waals surface area contributed by atoms with Crippen LogP contribution in [0.15, 0.2) is 21.7 Å². The largest absolute Gasteiger partial charge is 0.313 e. The Morgan fingerprint density at radius 3 is 2.75 bits per heavy atom. The molecule has 2 unspecified atom stereocenters. The van der Waals surface area contributed by atoms with Crippen LogP contribution in [-0.2, 0) is 10.8 Å². The highest BCUT2D eigenvalue weighted by atomic mass is 32.2. The van der Waals surface area contributed by atoms with Crippen LogP contribution in [0.25, 0.3) is 0 Å². The minimum Gasteiger partial charge on any atom is -0.313 e. The molecule has 2 atom stereocenters. The third-order valence-electron chi connectivity index (χ3n) is 2.51. The summed E-state index contributed by atoms with van der Waals surface area (Å²) in [5.41, 5.74) is 0. The molecule has 0 aromatic carbocycles. The van der Waals surface area contributed by atoms with Crippen LogP contribution in [0.1, 0.15) is 27.2 Å². The standard InChI is InChI=1S/C12H21NOS2/c1-4-7-13-11(10(2)3)9-16(14)12-6-5-8-15-12/h5-6,8,10-11,13H,4,7,9H2,1-3H3. The number of thiophene rings is 1. The fourth-order valence-electron chi connectivity index (χ4n) is 1.46. The molecule has 16 heavy (non-hydrogen) atoms. The third kappa shape index (κ3) is 4.36.